The van der Waals surface area contributed by atoms with Gasteiger partial charge in [-0.3, -0.25) is 0 Å². The van der Waals surface area contributed by atoms with E-state index in [9.17, 15) is 0 Å². The lowest BCUT2D eigenvalue weighted by atomic mass is 10.1. The quantitative estimate of drug-likeness (QED) is 0.782. The second-order valence-corrected chi connectivity index (χ2v) is 2.55. The van der Waals surface area contributed by atoms with Crippen molar-refractivity contribution in [2.45, 2.75) is 6.10 Å². The fourth-order valence-corrected chi connectivity index (χ4v) is 1.06. The smallest absolute Gasteiger partial charge is 0.115 e. The lowest BCUT2D eigenvalue weighted by Gasteiger charge is -2.12. The molecule has 0 aliphatic carbocycles. The Morgan fingerprint density at radius 3 is 2.31 bits per heavy atom. The molecule has 0 aliphatic rings. The van der Waals surface area contributed by atoms with Crippen LogP contribution in [-0.2, 0) is 4.74 Å². The van der Waals surface area contributed by atoms with Crippen molar-refractivity contribution >= 4 is 12.4 Å². The number of aromatic hydroxyl groups is 1. The third kappa shape index (κ3) is 3.22. The van der Waals surface area contributed by atoms with E-state index in [0.717, 1.165) is 5.56 Å². The number of phenols is 1. The first-order valence-electron chi connectivity index (χ1n) is 3.79. The highest BCUT2D eigenvalue weighted by Crippen LogP contribution is 2.17. The molecule has 1 rings (SSSR count). The third-order valence-corrected chi connectivity index (χ3v) is 1.76. The van der Waals surface area contributed by atoms with Crippen molar-refractivity contribution in [3.05, 3.63) is 29.8 Å². The van der Waals surface area contributed by atoms with Gasteiger partial charge in [0, 0.05) is 13.7 Å². The number of halogens is 1. The van der Waals surface area contributed by atoms with Crippen LogP contribution in [0.3, 0.4) is 0 Å². The molecule has 74 valence electrons. The van der Waals surface area contributed by atoms with Crippen LogP contribution in [0.4, 0.5) is 0 Å². The molecule has 1 unspecified atom stereocenters. The maximum absolute atomic E-state index is 9.01. The van der Waals surface area contributed by atoms with Crippen LogP contribution in [0.15, 0.2) is 24.3 Å². The molecule has 0 saturated carbocycles. The van der Waals surface area contributed by atoms with E-state index < -0.39 is 0 Å². The maximum atomic E-state index is 9.01. The molecule has 0 heterocycles. The number of benzene rings is 1. The van der Waals surface area contributed by atoms with Gasteiger partial charge in [-0.05, 0) is 17.7 Å². The van der Waals surface area contributed by atoms with Gasteiger partial charge in [0.25, 0.3) is 0 Å². The predicted octanol–water partition coefficient (Wildman–Crippen LogP) is 1.46. The van der Waals surface area contributed by atoms with Crippen LogP contribution in [0.1, 0.15) is 11.7 Å². The fraction of sp³-hybridized carbons (Fsp3) is 0.333. The fourth-order valence-electron chi connectivity index (χ4n) is 1.06. The highest BCUT2D eigenvalue weighted by atomic mass is 35.5. The van der Waals surface area contributed by atoms with Gasteiger partial charge in [0.1, 0.15) is 5.75 Å². The molecule has 0 radical (unpaired) electrons. The number of rotatable bonds is 3. The maximum Gasteiger partial charge on any atom is 0.115 e. The summed E-state index contributed by atoms with van der Waals surface area (Å²) in [6, 6.07) is 6.85. The molecule has 0 amide bonds. The summed E-state index contributed by atoms with van der Waals surface area (Å²) in [5, 5.41) is 9.01. The van der Waals surface area contributed by atoms with E-state index in [1.54, 1.807) is 31.4 Å². The topological polar surface area (TPSA) is 55.5 Å². The van der Waals surface area contributed by atoms with Gasteiger partial charge in [0.05, 0.1) is 6.10 Å². The predicted molar refractivity (Wildman–Crippen MR) is 54.2 cm³/mol. The van der Waals surface area contributed by atoms with Crippen LogP contribution in [0, 0.1) is 0 Å². The average molecular weight is 204 g/mol. The summed E-state index contributed by atoms with van der Waals surface area (Å²) < 4.78 is 5.12. The van der Waals surface area contributed by atoms with Crippen molar-refractivity contribution in [3.8, 4) is 5.75 Å². The number of ether oxygens (including phenoxy) is 1. The summed E-state index contributed by atoms with van der Waals surface area (Å²) in [5.41, 5.74) is 6.45. The zero-order chi connectivity index (χ0) is 8.97. The second kappa shape index (κ2) is 5.80. The molecule has 4 heteroatoms. The van der Waals surface area contributed by atoms with Gasteiger partial charge in [-0.15, -0.1) is 12.4 Å². The van der Waals surface area contributed by atoms with Crippen molar-refractivity contribution in [2.75, 3.05) is 13.7 Å². The van der Waals surface area contributed by atoms with E-state index in [0.29, 0.717) is 6.54 Å². The first-order valence-corrected chi connectivity index (χ1v) is 3.79. The lowest BCUT2D eigenvalue weighted by molar-refractivity contribution is 0.110. The van der Waals surface area contributed by atoms with Crippen molar-refractivity contribution < 1.29 is 9.84 Å². The van der Waals surface area contributed by atoms with Gasteiger partial charge in [-0.1, -0.05) is 12.1 Å². The van der Waals surface area contributed by atoms with E-state index in [-0.39, 0.29) is 24.3 Å². The molecule has 0 fully saturated rings. The summed E-state index contributed by atoms with van der Waals surface area (Å²) in [4.78, 5) is 0. The standard InChI is InChI=1S/C9H13NO2.ClH/c1-12-9(6-10)7-2-4-8(11)5-3-7;/h2-5,9,11H,6,10H2,1H3;1H. The minimum atomic E-state index is -0.0781. The Morgan fingerprint density at radius 2 is 1.92 bits per heavy atom. The van der Waals surface area contributed by atoms with Gasteiger partial charge < -0.3 is 15.6 Å². The minimum absolute atomic E-state index is 0. The highest BCUT2D eigenvalue weighted by molar-refractivity contribution is 5.85. The number of phenolic OH excluding ortho intramolecular Hbond substituents is 1. The lowest BCUT2D eigenvalue weighted by Crippen LogP contribution is -2.13. The Kier molecular flexibility index (Phi) is 5.46. The number of hydrogen-bond donors (Lipinski definition) is 2. The van der Waals surface area contributed by atoms with Crippen LogP contribution in [0.25, 0.3) is 0 Å². The first-order chi connectivity index (χ1) is 5.77. The summed E-state index contributed by atoms with van der Waals surface area (Å²) >= 11 is 0. The van der Waals surface area contributed by atoms with Crippen molar-refractivity contribution in [2.24, 2.45) is 5.73 Å². The first kappa shape index (κ1) is 12.2. The van der Waals surface area contributed by atoms with Crippen LogP contribution in [0.2, 0.25) is 0 Å². The number of methoxy groups -OCH3 is 1. The zero-order valence-corrected chi connectivity index (χ0v) is 8.25. The van der Waals surface area contributed by atoms with Crippen molar-refractivity contribution in [1.29, 1.82) is 0 Å². The van der Waals surface area contributed by atoms with Gasteiger partial charge in [0.2, 0.25) is 0 Å². The molecule has 0 saturated heterocycles. The Bertz CT molecular complexity index is 234. The van der Waals surface area contributed by atoms with Crippen molar-refractivity contribution in [3.63, 3.8) is 0 Å². The van der Waals surface area contributed by atoms with Crippen LogP contribution in [0.5, 0.6) is 5.75 Å². The molecule has 13 heavy (non-hydrogen) atoms. The Balaban J connectivity index is 0.00000144. The molecule has 0 bridgehead atoms. The monoisotopic (exact) mass is 203 g/mol. The molecule has 0 aromatic heterocycles. The minimum Gasteiger partial charge on any atom is -0.508 e. The summed E-state index contributed by atoms with van der Waals surface area (Å²) in [6.07, 6.45) is -0.0781. The average Bonchev–Trinajstić information content (AvgIpc) is 2.10. The van der Waals surface area contributed by atoms with E-state index in [2.05, 4.69) is 0 Å². The van der Waals surface area contributed by atoms with Crippen molar-refractivity contribution in [1.82, 2.24) is 0 Å². The van der Waals surface area contributed by atoms with E-state index in [1.165, 1.54) is 0 Å². The zero-order valence-electron chi connectivity index (χ0n) is 7.43. The van der Waals surface area contributed by atoms with Crippen LogP contribution in [-0.4, -0.2) is 18.8 Å². The Morgan fingerprint density at radius 1 is 1.38 bits per heavy atom. The second-order valence-electron chi connectivity index (χ2n) is 2.55. The Hall–Kier alpha value is -0.770. The van der Waals surface area contributed by atoms with Gasteiger partial charge in [-0.2, -0.15) is 0 Å². The number of hydrogen-bond acceptors (Lipinski definition) is 3. The summed E-state index contributed by atoms with van der Waals surface area (Å²) in [5.74, 6) is 0.255. The molecular weight excluding hydrogens is 190 g/mol. The van der Waals surface area contributed by atoms with E-state index >= 15 is 0 Å². The van der Waals surface area contributed by atoms with Gasteiger partial charge >= 0.3 is 0 Å². The third-order valence-electron chi connectivity index (χ3n) is 1.76. The molecule has 0 aliphatic heterocycles. The largest absolute Gasteiger partial charge is 0.508 e. The molecule has 1 atom stereocenters. The molecular formula is C9H14ClNO2. The van der Waals surface area contributed by atoms with Crippen LogP contribution >= 0.6 is 12.4 Å². The molecule has 0 spiro atoms. The molecule has 1 aromatic rings. The molecule has 3 nitrogen and oxygen atoms in total. The Labute approximate surface area is 83.9 Å². The van der Waals surface area contributed by atoms with Crippen LogP contribution < -0.4 is 5.73 Å². The SMILES string of the molecule is COC(CN)c1ccc(O)cc1.Cl. The van der Waals surface area contributed by atoms with E-state index in [1.807, 2.05) is 0 Å². The summed E-state index contributed by atoms with van der Waals surface area (Å²) in [6.45, 7) is 0.446. The normalized spacial score (nSPS) is 11.8. The van der Waals surface area contributed by atoms with E-state index in [4.69, 9.17) is 15.6 Å². The molecule has 3 N–H and O–H groups in total. The highest BCUT2D eigenvalue weighted by Gasteiger charge is 2.06. The number of nitrogens with two attached hydrogens (primary N) is 1. The van der Waals surface area contributed by atoms with Gasteiger partial charge in [-0.25, -0.2) is 0 Å². The summed E-state index contributed by atoms with van der Waals surface area (Å²) in [7, 11) is 1.62. The molecule has 1 aromatic carbocycles. The van der Waals surface area contributed by atoms with Gasteiger partial charge in [0.15, 0.2) is 0 Å².